The second kappa shape index (κ2) is 8.19. The third-order valence-corrected chi connectivity index (χ3v) is 6.15. The molecule has 154 valence electrons. The molecular formula is C21H19FN4O3S. The van der Waals surface area contributed by atoms with Crippen LogP contribution in [0.2, 0.25) is 0 Å². The summed E-state index contributed by atoms with van der Waals surface area (Å²) in [6.45, 7) is 0. The van der Waals surface area contributed by atoms with Crippen LogP contribution in [0.1, 0.15) is 34.5 Å². The number of benzene rings is 2. The molecule has 9 heteroatoms. The lowest BCUT2D eigenvalue weighted by Crippen LogP contribution is -2.21. The molecule has 1 amide bonds. The number of anilines is 2. The Labute approximate surface area is 173 Å². The van der Waals surface area contributed by atoms with Crippen molar-refractivity contribution >= 4 is 27.7 Å². The number of aryl methyl sites for hydroxylation is 1. The second-order valence-electron chi connectivity index (χ2n) is 6.91. The number of hydrogen-bond acceptors (Lipinski definition) is 5. The molecule has 2 N–H and O–H groups in total. The van der Waals surface area contributed by atoms with Gasteiger partial charge in [0.25, 0.3) is 15.9 Å². The molecule has 0 atom stereocenters. The van der Waals surface area contributed by atoms with E-state index >= 15 is 0 Å². The Morgan fingerprint density at radius 3 is 2.37 bits per heavy atom. The van der Waals surface area contributed by atoms with E-state index in [2.05, 4.69) is 20.0 Å². The zero-order valence-corrected chi connectivity index (χ0v) is 16.7. The summed E-state index contributed by atoms with van der Waals surface area (Å²) in [5.74, 6) is -0.800. The van der Waals surface area contributed by atoms with Crippen molar-refractivity contribution in [1.82, 2.24) is 9.97 Å². The molecular weight excluding hydrogens is 407 g/mol. The molecule has 7 nitrogen and oxygen atoms in total. The lowest BCUT2D eigenvalue weighted by Gasteiger charge is -2.20. The summed E-state index contributed by atoms with van der Waals surface area (Å²) in [5, 5.41) is 2.58. The summed E-state index contributed by atoms with van der Waals surface area (Å²) in [5.41, 5.74) is 1.68. The Bertz CT molecular complexity index is 1180. The summed E-state index contributed by atoms with van der Waals surface area (Å²) in [6.07, 6.45) is 3.13. The molecule has 0 aliphatic heterocycles. The average Bonchev–Trinajstić information content (AvgIpc) is 2.74. The standard InChI is InChI=1S/C21H19FN4O3S/c22-15-12-10-14(11-13-15)20(27)25-21-23-18-9-5-4-8-17(18)19(24-21)26-30(28,29)16-6-2-1-3-7-16/h1-3,6-7,10-13H,4-5,8-9H2,(H2,23,24,25,26,27). The van der Waals surface area contributed by atoms with E-state index in [1.165, 1.54) is 36.4 Å². The van der Waals surface area contributed by atoms with E-state index in [-0.39, 0.29) is 22.2 Å². The van der Waals surface area contributed by atoms with Crippen LogP contribution in [0.25, 0.3) is 0 Å². The first kappa shape index (κ1) is 20.0. The number of rotatable bonds is 5. The minimum atomic E-state index is -3.84. The number of nitrogens with one attached hydrogen (secondary N) is 2. The molecule has 0 saturated heterocycles. The van der Waals surface area contributed by atoms with Crippen molar-refractivity contribution in [2.24, 2.45) is 0 Å². The van der Waals surface area contributed by atoms with Gasteiger partial charge in [0.1, 0.15) is 11.6 Å². The lowest BCUT2D eigenvalue weighted by atomic mass is 9.96. The van der Waals surface area contributed by atoms with Gasteiger partial charge in [0.15, 0.2) is 0 Å². The maximum absolute atomic E-state index is 13.1. The maximum atomic E-state index is 13.1. The zero-order chi connectivity index (χ0) is 21.1. The van der Waals surface area contributed by atoms with Crippen LogP contribution in [-0.2, 0) is 22.9 Å². The predicted molar refractivity (Wildman–Crippen MR) is 110 cm³/mol. The van der Waals surface area contributed by atoms with E-state index in [1.807, 2.05) is 0 Å². The van der Waals surface area contributed by atoms with E-state index in [0.29, 0.717) is 18.5 Å². The van der Waals surface area contributed by atoms with Crippen LogP contribution in [0.3, 0.4) is 0 Å². The number of carbonyl (C=O) groups excluding carboxylic acids is 1. The molecule has 1 aliphatic carbocycles. The van der Waals surface area contributed by atoms with Gasteiger partial charge in [-0.1, -0.05) is 18.2 Å². The van der Waals surface area contributed by atoms with Crippen molar-refractivity contribution in [2.45, 2.75) is 30.6 Å². The number of aromatic nitrogens is 2. The van der Waals surface area contributed by atoms with Gasteiger partial charge in [-0.15, -0.1) is 0 Å². The van der Waals surface area contributed by atoms with Crippen LogP contribution in [0.5, 0.6) is 0 Å². The fourth-order valence-corrected chi connectivity index (χ4v) is 4.35. The third-order valence-electron chi connectivity index (χ3n) is 4.80. The van der Waals surface area contributed by atoms with Gasteiger partial charge in [0, 0.05) is 11.1 Å². The minimum Gasteiger partial charge on any atom is -0.290 e. The van der Waals surface area contributed by atoms with Crippen molar-refractivity contribution in [2.75, 3.05) is 10.0 Å². The summed E-state index contributed by atoms with van der Waals surface area (Å²) < 4.78 is 41.2. The number of halogens is 1. The normalized spacial score (nSPS) is 13.4. The van der Waals surface area contributed by atoms with Gasteiger partial charge in [-0.25, -0.2) is 17.8 Å². The number of hydrogen-bond donors (Lipinski definition) is 2. The van der Waals surface area contributed by atoms with E-state index in [1.54, 1.807) is 18.2 Å². The number of fused-ring (bicyclic) bond motifs is 1. The summed E-state index contributed by atoms with van der Waals surface area (Å²) in [7, 11) is -3.84. The Balaban J connectivity index is 1.66. The van der Waals surface area contributed by atoms with E-state index in [9.17, 15) is 17.6 Å². The molecule has 1 aromatic heterocycles. The topological polar surface area (TPSA) is 101 Å². The first-order chi connectivity index (χ1) is 14.4. The molecule has 2 aromatic carbocycles. The summed E-state index contributed by atoms with van der Waals surface area (Å²) in [6, 6.07) is 13.1. The van der Waals surface area contributed by atoms with Gasteiger partial charge < -0.3 is 0 Å². The van der Waals surface area contributed by atoms with E-state index < -0.39 is 21.7 Å². The number of carbonyl (C=O) groups is 1. The van der Waals surface area contributed by atoms with Gasteiger partial charge in [-0.05, 0) is 62.1 Å². The Morgan fingerprint density at radius 1 is 0.933 bits per heavy atom. The fourth-order valence-electron chi connectivity index (χ4n) is 3.30. The van der Waals surface area contributed by atoms with Crippen molar-refractivity contribution in [3.63, 3.8) is 0 Å². The molecule has 0 radical (unpaired) electrons. The summed E-state index contributed by atoms with van der Waals surface area (Å²) in [4.78, 5) is 21.3. The average molecular weight is 426 g/mol. The Hall–Kier alpha value is -3.33. The molecule has 0 bridgehead atoms. The monoisotopic (exact) mass is 426 g/mol. The van der Waals surface area contributed by atoms with E-state index in [4.69, 9.17) is 0 Å². The quantitative estimate of drug-likeness (QED) is 0.650. The van der Waals surface area contributed by atoms with Gasteiger partial charge >= 0.3 is 0 Å². The molecule has 0 saturated carbocycles. The molecule has 30 heavy (non-hydrogen) atoms. The molecule has 4 rings (SSSR count). The number of amides is 1. The van der Waals surface area contributed by atoms with Crippen LogP contribution in [0.15, 0.2) is 59.5 Å². The predicted octanol–water partition coefficient (Wildman–Crippen LogP) is 3.55. The van der Waals surface area contributed by atoms with Crippen LogP contribution >= 0.6 is 0 Å². The molecule has 0 unspecified atom stereocenters. The Kier molecular flexibility index (Phi) is 5.45. The molecule has 1 aliphatic rings. The highest BCUT2D eigenvalue weighted by atomic mass is 32.2. The molecule has 0 fully saturated rings. The second-order valence-corrected chi connectivity index (χ2v) is 8.59. The van der Waals surface area contributed by atoms with Gasteiger partial charge in [-0.3, -0.25) is 14.8 Å². The smallest absolute Gasteiger partial charge is 0.263 e. The largest absolute Gasteiger partial charge is 0.290 e. The number of nitrogens with zero attached hydrogens (tertiary/aromatic N) is 2. The van der Waals surface area contributed by atoms with Gasteiger partial charge in [0.05, 0.1) is 10.6 Å². The summed E-state index contributed by atoms with van der Waals surface area (Å²) >= 11 is 0. The van der Waals surface area contributed by atoms with Crippen molar-refractivity contribution in [1.29, 1.82) is 0 Å². The first-order valence-electron chi connectivity index (χ1n) is 9.47. The maximum Gasteiger partial charge on any atom is 0.263 e. The van der Waals surface area contributed by atoms with Crippen molar-refractivity contribution in [3.05, 3.63) is 77.2 Å². The van der Waals surface area contributed by atoms with Crippen LogP contribution in [-0.4, -0.2) is 24.3 Å². The van der Waals surface area contributed by atoms with Gasteiger partial charge in [-0.2, -0.15) is 4.98 Å². The zero-order valence-electron chi connectivity index (χ0n) is 15.9. The van der Waals surface area contributed by atoms with E-state index in [0.717, 1.165) is 18.4 Å². The molecule has 1 heterocycles. The SMILES string of the molecule is O=C(Nc1nc2c(c(NS(=O)(=O)c3ccccc3)n1)CCCC2)c1ccc(F)cc1. The highest BCUT2D eigenvalue weighted by Gasteiger charge is 2.23. The van der Waals surface area contributed by atoms with Crippen LogP contribution in [0.4, 0.5) is 16.2 Å². The fraction of sp³-hybridized carbons (Fsp3) is 0.190. The van der Waals surface area contributed by atoms with Gasteiger partial charge in [0.2, 0.25) is 5.95 Å². The van der Waals surface area contributed by atoms with Crippen molar-refractivity contribution in [3.8, 4) is 0 Å². The third kappa shape index (κ3) is 4.30. The molecule has 3 aromatic rings. The van der Waals surface area contributed by atoms with Crippen LogP contribution in [0, 0.1) is 5.82 Å². The highest BCUT2D eigenvalue weighted by molar-refractivity contribution is 7.92. The Morgan fingerprint density at radius 2 is 1.63 bits per heavy atom. The van der Waals surface area contributed by atoms with Crippen LogP contribution < -0.4 is 10.0 Å². The minimum absolute atomic E-state index is 0.00395. The molecule has 0 spiro atoms. The van der Waals surface area contributed by atoms with Crippen molar-refractivity contribution < 1.29 is 17.6 Å². The first-order valence-corrected chi connectivity index (χ1v) is 11.0. The lowest BCUT2D eigenvalue weighted by molar-refractivity contribution is 0.102. The number of sulfonamides is 1. The highest BCUT2D eigenvalue weighted by Crippen LogP contribution is 2.28.